The minimum atomic E-state index is -0.271. The summed E-state index contributed by atoms with van der Waals surface area (Å²) in [5.41, 5.74) is 1.94. The van der Waals surface area contributed by atoms with Crippen LogP contribution < -0.4 is 15.0 Å². The molecule has 0 unspecified atom stereocenters. The number of oxazole rings is 1. The number of hydrogen-bond acceptors (Lipinski definition) is 5. The van der Waals surface area contributed by atoms with Gasteiger partial charge in [-0.25, -0.2) is 4.98 Å². The number of aromatic nitrogens is 1. The van der Waals surface area contributed by atoms with Crippen LogP contribution in [-0.2, 0) is 16.8 Å². The summed E-state index contributed by atoms with van der Waals surface area (Å²) in [6.07, 6.45) is 3.24. The molecule has 1 aliphatic rings. The van der Waals surface area contributed by atoms with Crippen LogP contribution in [-0.4, -0.2) is 29.9 Å². The van der Waals surface area contributed by atoms with E-state index in [-0.39, 0.29) is 36.1 Å². The molecular weight excluding hydrogens is 358 g/mol. The third-order valence-electron chi connectivity index (χ3n) is 4.66. The Balaban J connectivity index is 1.80. The van der Waals surface area contributed by atoms with E-state index in [1.54, 1.807) is 4.90 Å². The summed E-state index contributed by atoms with van der Waals surface area (Å²) in [4.78, 5) is 30.4. The molecule has 7 nitrogen and oxygen atoms in total. The smallest absolute Gasteiger partial charge is 0.273 e. The van der Waals surface area contributed by atoms with Crippen LogP contribution in [0.15, 0.2) is 28.9 Å². The van der Waals surface area contributed by atoms with Crippen molar-refractivity contribution in [3.8, 4) is 5.75 Å². The van der Waals surface area contributed by atoms with Crippen molar-refractivity contribution >= 4 is 17.5 Å². The van der Waals surface area contributed by atoms with Crippen LogP contribution >= 0.6 is 0 Å². The first kappa shape index (κ1) is 19.9. The number of carbonyl (C=O) groups is 2. The first-order valence-electron chi connectivity index (χ1n) is 9.60. The van der Waals surface area contributed by atoms with Crippen LogP contribution in [0.2, 0.25) is 0 Å². The van der Waals surface area contributed by atoms with E-state index >= 15 is 0 Å². The molecule has 0 spiro atoms. The van der Waals surface area contributed by atoms with Gasteiger partial charge in [0.1, 0.15) is 18.6 Å². The second-order valence-electron chi connectivity index (χ2n) is 7.94. The van der Waals surface area contributed by atoms with Crippen LogP contribution in [0.3, 0.4) is 0 Å². The van der Waals surface area contributed by atoms with Gasteiger partial charge >= 0.3 is 0 Å². The van der Waals surface area contributed by atoms with Crippen molar-refractivity contribution in [1.82, 2.24) is 10.3 Å². The second-order valence-corrected chi connectivity index (χ2v) is 7.94. The molecule has 1 aromatic heterocycles. The molecule has 1 aromatic carbocycles. The number of fused-ring (bicyclic) bond motifs is 1. The van der Waals surface area contributed by atoms with Crippen molar-refractivity contribution in [1.29, 1.82) is 0 Å². The zero-order chi connectivity index (χ0) is 20.3. The molecular formula is C21H27N3O4. The van der Waals surface area contributed by atoms with Gasteiger partial charge in [0.15, 0.2) is 12.3 Å². The highest BCUT2D eigenvalue weighted by molar-refractivity contribution is 5.98. The zero-order valence-electron chi connectivity index (χ0n) is 16.9. The van der Waals surface area contributed by atoms with E-state index < -0.39 is 0 Å². The SMILES string of the molecule is CCCCNC(=O)c1coc(CN2C(=O)COc3ccc(C(C)(C)C)cc32)n1. The lowest BCUT2D eigenvalue weighted by atomic mass is 9.86. The minimum absolute atomic E-state index is 0.0348. The van der Waals surface area contributed by atoms with Gasteiger partial charge in [-0.2, -0.15) is 0 Å². The fraction of sp³-hybridized carbons (Fsp3) is 0.476. The fourth-order valence-corrected chi connectivity index (χ4v) is 2.93. The lowest BCUT2D eigenvalue weighted by Gasteiger charge is -2.30. The molecule has 150 valence electrons. The van der Waals surface area contributed by atoms with Crippen molar-refractivity contribution in [3.05, 3.63) is 41.6 Å². The molecule has 3 rings (SSSR count). The van der Waals surface area contributed by atoms with E-state index in [2.05, 4.69) is 38.0 Å². The standard InChI is InChI=1S/C21H27N3O4/c1-5-6-9-22-20(26)15-12-28-18(23-15)11-24-16-10-14(21(2,3)4)7-8-17(16)27-13-19(24)25/h7-8,10,12H,5-6,9,11,13H2,1-4H3,(H,22,26). The van der Waals surface area contributed by atoms with Gasteiger partial charge in [0.2, 0.25) is 5.89 Å². The molecule has 0 saturated heterocycles. The maximum absolute atomic E-state index is 12.5. The zero-order valence-corrected chi connectivity index (χ0v) is 16.9. The molecule has 0 fully saturated rings. The molecule has 28 heavy (non-hydrogen) atoms. The molecule has 1 N–H and O–H groups in total. The van der Waals surface area contributed by atoms with Crippen LogP contribution in [0.1, 0.15) is 62.5 Å². The van der Waals surface area contributed by atoms with Gasteiger partial charge in [-0.1, -0.05) is 40.2 Å². The Morgan fingerprint density at radius 3 is 2.82 bits per heavy atom. The molecule has 2 amide bonds. The van der Waals surface area contributed by atoms with Crippen molar-refractivity contribution in [2.45, 2.75) is 52.5 Å². The Morgan fingerprint density at radius 1 is 1.32 bits per heavy atom. The van der Waals surface area contributed by atoms with Gasteiger partial charge in [-0.05, 0) is 29.5 Å². The van der Waals surface area contributed by atoms with E-state index in [0.29, 0.717) is 23.9 Å². The minimum Gasteiger partial charge on any atom is -0.482 e. The summed E-state index contributed by atoms with van der Waals surface area (Å²) < 4.78 is 11.0. The number of rotatable bonds is 6. The number of benzene rings is 1. The molecule has 2 heterocycles. The molecule has 0 bridgehead atoms. The Bertz CT molecular complexity index is 867. The normalized spacial score (nSPS) is 13.9. The number of nitrogens with zero attached hydrogens (tertiary/aromatic N) is 2. The third-order valence-corrected chi connectivity index (χ3v) is 4.66. The fourth-order valence-electron chi connectivity index (χ4n) is 2.93. The Labute approximate surface area is 165 Å². The molecule has 2 aromatic rings. The maximum atomic E-state index is 12.5. The number of nitrogens with one attached hydrogen (secondary N) is 1. The monoisotopic (exact) mass is 385 g/mol. The van der Waals surface area contributed by atoms with E-state index in [1.165, 1.54) is 6.26 Å². The number of ether oxygens (including phenoxy) is 1. The summed E-state index contributed by atoms with van der Waals surface area (Å²) in [5.74, 6) is 0.512. The average Bonchev–Trinajstić information content (AvgIpc) is 3.12. The van der Waals surface area contributed by atoms with Crippen LogP contribution in [0.5, 0.6) is 5.75 Å². The van der Waals surface area contributed by atoms with Crippen molar-refractivity contribution < 1.29 is 18.7 Å². The number of hydrogen-bond donors (Lipinski definition) is 1. The molecule has 0 atom stereocenters. The summed E-state index contributed by atoms with van der Waals surface area (Å²) in [6.45, 7) is 9.11. The Morgan fingerprint density at radius 2 is 2.11 bits per heavy atom. The average molecular weight is 385 g/mol. The molecule has 1 aliphatic heterocycles. The number of amides is 2. The van der Waals surface area contributed by atoms with E-state index in [0.717, 1.165) is 18.4 Å². The predicted octanol–water partition coefficient (Wildman–Crippen LogP) is 3.43. The van der Waals surface area contributed by atoms with E-state index in [9.17, 15) is 9.59 Å². The summed E-state index contributed by atoms with van der Waals surface area (Å²) in [7, 11) is 0. The number of carbonyl (C=O) groups excluding carboxylic acids is 2. The van der Waals surface area contributed by atoms with Gasteiger partial charge in [-0.3, -0.25) is 14.5 Å². The van der Waals surface area contributed by atoms with Crippen molar-refractivity contribution in [2.75, 3.05) is 18.1 Å². The third kappa shape index (κ3) is 4.35. The van der Waals surface area contributed by atoms with Gasteiger partial charge < -0.3 is 14.5 Å². The number of unbranched alkanes of at least 4 members (excludes halogenated alkanes) is 1. The maximum Gasteiger partial charge on any atom is 0.273 e. The molecule has 0 saturated carbocycles. The number of anilines is 1. The topological polar surface area (TPSA) is 84.7 Å². The van der Waals surface area contributed by atoms with Gasteiger partial charge in [0.05, 0.1) is 5.69 Å². The van der Waals surface area contributed by atoms with Gasteiger partial charge in [0, 0.05) is 6.54 Å². The highest BCUT2D eigenvalue weighted by atomic mass is 16.5. The lowest BCUT2D eigenvalue weighted by Crippen LogP contribution is -2.38. The predicted molar refractivity (Wildman–Crippen MR) is 106 cm³/mol. The van der Waals surface area contributed by atoms with Crippen molar-refractivity contribution in [2.24, 2.45) is 0 Å². The summed E-state index contributed by atoms with van der Waals surface area (Å²) in [6, 6.07) is 5.86. The highest BCUT2D eigenvalue weighted by Crippen LogP contribution is 2.37. The molecule has 0 radical (unpaired) electrons. The van der Waals surface area contributed by atoms with Crippen LogP contribution in [0.25, 0.3) is 0 Å². The summed E-state index contributed by atoms with van der Waals surface area (Å²) >= 11 is 0. The van der Waals surface area contributed by atoms with Crippen LogP contribution in [0, 0.1) is 0 Å². The largest absolute Gasteiger partial charge is 0.482 e. The van der Waals surface area contributed by atoms with E-state index in [1.807, 2.05) is 18.2 Å². The first-order valence-corrected chi connectivity index (χ1v) is 9.60. The Kier molecular flexibility index (Phi) is 5.72. The second kappa shape index (κ2) is 8.04. The van der Waals surface area contributed by atoms with Crippen LogP contribution in [0.4, 0.5) is 5.69 Å². The molecule has 0 aliphatic carbocycles. The Hall–Kier alpha value is -2.83. The summed E-state index contributed by atoms with van der Waals surface area (Å²) in [5, 5.41) is 2.80. The lowest BCUT2D eigenvalue weighted by molar-refractivity contribution is -0.121. The van der Waals surface area contributed by atoms with Gasteiger partial charge in [0.25, 0.3) is 11.8 Å². The molecule has 7 heteroatoms. The highest BCUT2D eigenvalue weighted by Gasteiger charge is 2.29. The first-order chi connectivity index (χ1) is 13.3. The van der Waals surface area contributed by atoms with E-state index in [4.69, 9.17) is 9.15 Å². The van der Waals surface area contributed by atoms with Gasteiger partial charge in [-0.15, -0.1) is 0 Å². The van der Waals surface area contributed by atoms with Crippen molar-refractivity contribution in [3.63, 3.8) is 0 Å². The quantitative estimate of drug-likeness (QED) is 0.770.